The Kier molecular flexibility index (Phi) is 4.50. The molecule has 0 spiro atoms. The molecular formula is C7H12N2. The third-order valence-electron chi connectivity index (χ3n) is 0.923. The van der Waals surface area contributed by atoms with Gasteiger partial charge in [0.25, 0.3) is 0 Å². The highest BCUT2D eigenvalue weighted by molar-refractivity contribution is 5.23. The Hall–Kier alpha value is -1.05. The molecule has 0 aliphatic heterocycles. The summed E-state index contributed by atoms with van der Waals surface area (Å²) in [4.78, 5) is 0. The van der Waals surface area contributed by atoms with E-state index >= 15 is 0 Å². The highest BCUT2D eigenvalue weighted by Gasteiger charge is 1.84. The molecule has 2 heteroatoms. The van der Waals surface area contributed by atoms with Crippen LogP contribution in [0, 0.1) is 0 Å². The average Bonchev–Trinajstić information content (AvgIpc) is 1.88. The zero-order valence-electron chi connectivity index (χ0n) is 5.72. The summed E-state index contributed by atoms with van der Waals surface area (Å²) in [5.74, 6) is 0. The third kappa shape index (κ3) is 3.53. The Morgan fingerprint density at radius 2 is 2.44 bits per heavy atom. The van der Waals surface area contributed by atoms with Crippen LogP contribution in [0.2, 0.25) is 0 Å². The Morgan fingerprint density at radius 3 is 2.78 bits per heavy atom. The first-order valence-corrected chi connectivity index (χ1v) is 2.88. The number of nitrogens with one attached hydrogen (secondary N) is 1. The van der Waals surface area contributed by atoms with Crippen LogP contribution in [0.5, 0.6) is 0 Å². The van der Waals surface area contributed by atoms with Gasteiger partial charge in [-0.3, -0.25) is 5.43 Å². The second kappa shape index (κ2) is 5.09. The van der Waals surface area contributed by atoms with Gasteiger partial charge in [-0.1, -0.05) is 19.6 Å². The average molecular weight is 124 g/mol. The molecule has 0 saturated carbocycles. The molecule has 0 aliphatic carbocycles. The zero-order chi connectivity index (χ0) is 7.11. The van der Waals surface area contributed by atoms with Gasteiger partial charge in [0.05, 0.1) is 0 Å². The van der Waals surface area contributed by atoms with Crippen molar-refractivity contribution < 1.29 is 0 Å². The van der Waals surface area contributed by atoms with E-state index in [0.717, 1.165) is 12.1 Å². The molecule has 0 aromatic carbocycles. The molecule has 0 aromatic rings. The summed E-state index contributed by atoms with van der Waals surface area (Å²) >= 11 is 0. The number of allylic oxidation sites excluding steroid dienone is 3. The van der Waals surface area contributed by atoms with Crippen molar-refractivity contribution in [2.75, 3.05) is 0 Å². The predicted octanol–water partition coefficient (Wildman–Crippen LogP) is 1.67. The molecule has 0 heterocycles. The Morgan fingerprint density at radius 1 is 1.78 bits per heavy atom. The van der Waals surface area contributed by atoms with Crippen molar-refractivity contribution in [3.8, 4) is 0 Å². The highest BCUT2D eigenvalue weighted by atomic mass is 15.3. The van der Waals surface area contributed by atoms with Crippen molar-refractivity contribution in [1.82, 2.24) is 5.43 Å². The second-order valence-corrected chi connectivity index (χ2v) is 1.55. The summed E-state index contributed by atoms with van der Waals surface area (Å²) in [6, 6.07) is 0. The lowest BCUT2D eigenvalue weighted by molar-refractivity contribution is 0.837. The minimum absolute atomic E-state index is 0.922. The molecule has 0 aromatic heterocycles. The van der Waals surface area contributed by atoms with Gasteiger partial charge in [-0.25, -0.2) is 0 Å². The molecule has 0 fully saturated rings. The summed E-state index contributed by atoms with van der Waals surface area (Å²) in [6.45, 7) is 8.88. The number of nitrogens with zero attached hydrogens (tertiary/aromatic N) is 1. The minimum Gasteiger partial charge on any atom is -0.283 e. The van der Waals surface area contributed by atoms with Crippen LogP contribution in [0.25, 0.3) is 0 Å². The smallest absolute Gasteiger partial charge is 0.0332 e. The van der Waals surface area contributed by atoms with Gasteiger partial charge >= 0.3 is 0 Å². The maximum absolute atomic E-state index is 3.55. The van der Waals surface area contributed by atoms with Gasteiger partial charge < -0.3 is 0 Å². The predicted molar refractivity (Wildman–Crippen MR) is 41.3 cm³/mol. The van der Waals surface area contributed by atoms with Gasteiger partial charge in [0.15, 0.2) is 0 Å². The van der Waals surface area contributed by atoms with Crippen molar-refractivity contribution in [3.63, 3.8) is 0 Å². The van der Waals surface area contributed by atoms with Crippen LogP contribution < -0.4 is 5.43 Å². The summed E-state index contributed by atoms with van der Waals surface area (Å²) in [5, 5.41) is 3.51. The SMILES string of the molecule is C=C/C=C(\CC)NN=C. The second-order valence-electron chi connectivity index (χ2n) is 1.55. The Bertz CT molecular complexity index is 125. The maximum Gasteiger partial charge on any atom is 0.0332 e. The van der Waals surface area contributed by atoms with Crippen LogP contribution in [-0.2, 0) is 0 Å². The summed E-state index contributed by atoms with van der Waals surface area (Å²) in [7, 11) is 0. The first-order valence-electron chi connectivity index (χ1n) is 2.88. The van der Waals surface area contributed by atoms with E-state index in [2.05, 4.69) is 23.8 Å². The van der Waals surface area contributed by atoms with E-state index in [9.17, 15) is 0 Å². The molecule has 0 atom stereocenters. The summed E-state index contributed by atoms with van der Waals surface area (Å²) in [5.41, 5.74) is 3.76. The fourth-order valence-corrected chi connectivity index (χ4v) is 0.478. The van der Waals surface area contributed by atoms with Gasteiger partial charge in [0.2, 0.25) is 0 Å². The highest BCUT2D eigenvalue weighted by Crippen LogP contribution is 1.93. The van der Waals surface area contributed by atoms with Gasteiger partial charge in [0.1, 0.15) is 0 Å². The fraction of sp³-hybridized carbons (Fsp3) is 0.286. The quantitative estimate of drug-likeness (QED) is 0.344. The third-order valence-corrected chi connectivity index (χ3v) is 0.923. The van der Waals surface area contributed by atoms with E-state index in [4.69, 9.17) is 0 Å². The van der Waals surface area contributed by atoms with E-state index in [-0.39, 0.29) is 0 Å². The van der Waals surface area contributed by atoms with Gasteiger partial charge in [-0.2, -0.15) is 5.10 Å². The molecule has 0 amide bonds. The lowest BCUT2D eigenvalue weighted by Crippen LogP contribution is -2.01. The molecule has 1 N–H and O–H groups in total. The number of hydrogen-bond donors (Lipinski definition) is 1. The topological polar surface area (TPSA) is 24.4 Å². The normalized spacial score (nSPS) is 10.6. The lowest BCUT2D eigenvalue weighted by atomic mass is 10.3. The van der Waals surface area contributed by atoms with E-state index in [1.54, 1.807) is 6.08 Å². The molecule has 0 unspecified atom stereocenters. The maximum atomic E-state index is 3.55. The molecule has 0 saturated heterocycles. The molecule has 0 bridgehead atoms. The van der Waals surface area contributed by atoms with Crippen molar-refractivity contribution in [2.24, 2.45) is 5.10 Å². The van der Waals surface area contributed by atoms with Crippen LogP contribution >= 0.6 is 0 Å². The molecule has 2 nitrogen and oxygen atoms in total. The zero-order valence-corrected chi connectivity index (χ0v) is 5.72. The molecule has 0 aliphatic rings. The van der Waals surface area contributed by atoms with Crippen LogP contribution in [0.4, 0.5) is 0 Å². The van der Waals surface area contributed by atoms with Crippen molar-refractivity contribution in [1.29, 1.82) is 0 Å². The number of hydrazone groups is 1. The largest absolute Gasteiger partial charge is 0.283 e. The standard InChI is InChI=1S/C7H12N2/c1-4-6-7(5-2)9-8-3/h4,6,9H,1,3,5H2,2H3/b7-6+. The van der Waals surface area contributed by atoms with Crippen LogP contribution in [-0.4, -0.2) is 6.72 Å². The van der Waals surface area contributed by atoms with Crippen molar-refractivity contribution >= 4 is 6.72 Å². The number of hydrogen-bond acceptors (Lipinski definition) is 2. The van der Waals surface area contributed by atoms with Gasteiger partial charge in [-0.15, -0.1) is 0 Å². The molecule has 9 heavy (non-hydrogen) atoms. The molecule has 50 valence electrons. The van der Waals surface area contributed by atoms with E-state index in [1.807, 2.05) is 13.0 Å². The monoisotopic (exact) mass is 124 g/mol. The first-order chi connectivity index (χ1) is 4.35. The number of rotatable bonds is 4. The molecule has 0 radical (unpaired) electrons. The molecular weight excluding hydrogens is 112 g/mol. The minimum atomic E-state index is 0.922. The van der Waals surface area contributed by atoms with Crippen LogP contribution in [0.15, 0.2) is 29.5 Å². The molecule has 0 rings (SSSR count). The van der Waals surface area contributed by atoms with Crippen LogP contribution in [0.3, 0.4) is 0 Å². The summed E-state index contributed by atoms with van der Waals surface area (Å²) in [6.07, 6.45) is 4.51. The first kappa shape index (κ1) is 7.95. The van der Waals surface area contributed by atoms with Gasteiger partial charge in [0, 0.05) is 12.4 Å². The van der Waals surface area contributed by atoms with Crippen molar-refractivity contribution in [3.05, 3.63) is 24.4 Å². The van der Waals surface area contributed by atoms with Crippen molar-refractivity contribution in [2.45, 2.75) is 13.3 Å². The Labute approximate surface area is 56.0 Å². The summed E-state index contributed by atoms with van der Waals surface area (Å²) < 4.78 is 0. The van der Waals surface area contributed by atoms with E-state index in [0.29, 0.717) is 0 Å². The lowest BCUT2D eigenvalue weighted by Gasteiger charge is -1.98. The fourth-order valence-electron chi connectivity index (χ4n) is 0.478. The Balaban J connectivity index is 3.79. The van der Waals surface area contributed by atoms with Crippen LogP contribution in [0.1, 0.15) is 13.3 Å². The van der Waals surface area contributed by atoms with E-state index in [1.165, 1.54) is 0 Å². The van der Waals surface area contributed by atoms with Gasteiger partial charge in [-0.05, 0) is 12.5 Å². The van der Waals surface area contributed by atoms with E-state index < -0.39 is 0 Å².